The van der Waals surface area contributed by atoms with Gasteiger partial charge in [0.1, 0.15) is 12.4 Å². The Balaban J connectivity index is 2.69. The lowest BCUT2D eigenvalue weighted by Crippen LogP contribution is -2.02. The summed E-state index contributed by atoms with van der Waals surface area (Å²) in [5.74, 6) is 0.00951. The number of benzene rings is 1. The average molecular weight is 300 g/mol. The summed E-state index contributed by atoms with van der Waals surface area (Å²) in [6.07, 6.45) is 6.71. The molecule has 1 N–H and O–H groups in total. The smallest absolute Gasteiger partial charge is 0.328 e. The van der Waals surface area contributed by atoms with Gasteiger partial charge in [-0.3, -0.25) is 0 Å². The van der Waals surface area contributed by atoms with Gasteiger partial charge in [-0.2, -0.15) is 0 Å². The largest absolute Gasteiger partial charge is 0.489 e. The van der Waals surface area contributed by atoms with Gasteiger partial charge in [-0.05, 0) is 62.5 Å². The molecule has 0 amide bonds. The Kier molecular flexibility index (Phi) is 6.64. The van der Waals surface area contributed by atoms with E-state index in [-0.39, 0.29) is 0 Å². The summed E-state index contributed by atoms with van der Waals surface area (Å²) in [7, 11) is 0. The van der Waals surface area contributed by atoms with E-state index in [4.69, 9.17) is 9.84 Å². The van der Waals surface area contributed by atoms with Gasteiger partial charge >= 0.3 is 5.97 Å². The summed E-state index contributed by atoms with van der Waals surface area (Å²) >= 11 is 0. The molecule has 0 aliphatic heterocycles. The van der Waals surface area contributed by atoms with Crippen LogP contribution in [0.25, 0.3) is 0 Å². The molecule has 0 fully saturated rings. The molecular weight excluding hydrogens is 276 g/mol. The van der Waals surface area contributed by atoms with Crippen molar-refractivity contribution < 1.29 is 14.6 Å². The Morgan fingerprint density at radius 3 is 2.45 bits per heavy atom. The maximum atomic E-state index is 10.5. The minimum absolute atomic E-state index is 0.511. The third kappa shape index (κ3) is 5.60. The molecule has 1 aromatic rings. The fraction of sp³-hybridized carbons (Fsp3) is 0.316. The fourth-order valence-electron chi connectivity index (χ4n) is 1.99. The summed E-state index contributed by atoms with van der Waals surface area (Å²) in [5, 5.41) is 8.63. The number of rotatable bonds is 6. The topological polar surface area (TPSA) is 46.5 Å². The molecule has 1 aromatic carbocycles. The number of ether oxygens (including phenoxy) is 1. The highest BCUT2D eigenvalue weighted by Gasteiger charge is 2.06. The van der Waals surface area contributed by atoms with Gasteiger partial charge in [0.2, 0.25) is 0 Å². The van der Waals surface area contributed by atoms with Gasteiger partial charge in [-0.15, -0.1) is 0 Å². The van der Waals surface area contributed by atoms with E-state index < -0.39 is 5.97 Å². The van der Waals surface area contributed by atoms with Crippen LogP contribution in [0.1, 0.15) is 30.5 Å². The first-order valence-electron chi connectivity index (χ1n) is 7.26. The molecule has 3 heteroatoms. The zero-order valence-electron chi connectivity index (χ0n) is 13.9. The number of carboxylic acid groups (broad SMARTS) is 1. The molecule has 0 bridgehead atoms. The van der Waals surface area contributed by atoms with E-state index in [1.54, 1.807) is 13.0 Å². The van der Waals surface area contributed by atoms with Crippen LogP contribution in [0, 0.1) is 20.8 Å². The normalized spacial score (nSPS) is 12.8. The highest BCUT2D eigenvalue weighted by Crippen LogP contribution is 2.26. The fourth-order valence-corrected chi connectivity index (χ4v) is 1.99. The summed E-state index contributed by atoms with van der Waals surface area (Å²) in [6, 6.07) is 4.16. The third-order valence-electron chi connectivity index (χ3n) is 3.41. The number of hydrogen-bond donors (Lipinski definition) is 1. The molecule has 0 unspecified atom stereocenters. The van der Waals surface area contributed by atoms with Crippen molar-refractivity contribution in [2.45, 2.75) is 34.6 Å². The van der Waals surface area contributed by atoms with Crippen molar-refractivity contribution in [3.8, 4) is 5.75 Å². The Bertz CT molecular complexity index is 634. The van der Waals surface area contributed by atoms with Crippen molar-refractivity contribution >= 4 is 5.97 Å². The number of carbonyl (C=O) groups is 1. The van der Waals surface area contributed by atoms with Crippen molar-refractivity contribution in [3.05, 3.63) is 64.3 Å². The van der Waals surface area contributed by atoms with Gasteiger partial charge in [-0.1, -0.05) is 30.4 Å². The van der Waals surface area contributed by atoms with Crippen molar-refractivity contribution in [2.75, 3.05) is 6.61 Å². The van der Waals surface area contributed by atoms with Crippen LogP contribution >= 0.6 is 0 Å². The first-order valence-corrected chi connectivity index (χ1v) is 7.26. The first-order chi connectivity index (χ1) is 10.3. The monoisotopic (exact) mass is 300 g/mol. The summed E-state index contributed by atoms with van der Waals surface area (Å²) < 4.78 is 5.92. The highest BCUT2D eigenvalue weighted by atomic mass is 16.5. The van der Waals surface area contributed by atoms with Gasteiger partial charge < -0.3 is 9.84 Å². The maximum absolute atomic E-state index is 10.5. The lowest BCUT2D eigenvalue weighted by atomic mass is 10.1. The lowest BCUT2D eigenvalue weighted by molar-refractivity contribution is -0.131. The van der Waals surface area contributed by atoms with E-state index in [1.807, 2.05) is 26.0 Å². The predicted molar refractivity (Wildman–Crippen MR) is 90.4 cm³/mol. The summed E-state index contributed by atoms with van der Waals surface area (Å²) in [5.41, 5.74) is 5.29. The van der Waals surface area contributed by atoms with Gasteiger partial charge in [0.25, 0.3) is 0 Å². The molecule has 1 rings (SSSR count). The van der Waals surface area contributed by atoms with Crippen LogP contribution in [0.2, 0.25) is 0 Å². The lowest BCUT2D eigenvalue weighted by Gasteiger charge is -2.14. The summed E-state index contributed by atoms with van der Waals surface area (Å²) in [4.78, 5) is 10.5. The van der Waals surface area contributed by atoms with E-state index in [2.05, 4.69) is 26.0 Å². The van der Waals surface area contributed by atoms with Crippen LogP contribution in [-0.4, -0.2) is 17.7 Å². The van der Waals surface area contributed by atoms with E-state index in [1.165, 1.54) is 17.2 Å². The van der Waals surface area contributed by atoms with Crippen LogP contribution in [0.5, 0.6) is 5.75 Å². The molecule has 0 spiro atoms. The molecule has 0 aliphatic carbocycles. The van der Waals surface area contributed by atoms with Gasteiger partial charge in [0.05, 0.1) is 0 Å². The Morgan fingerprint density at radius 2 is 1.82 bits per heavy atom. The van der Waals surface area contributed by atoms with Gasteiger partial charge in [0, 0.05) is 6.08 Å². The standard InChI is InChI=1S/C19H24O3/c1-13(11-18(20)21)7-6-8-14(2)12-22-19-16(4)10-9-15(3)17(19)5/h6-11H,12H2,1-5H3,(H,20,21)/b7-6+,13-11+,14-8+. The molecule has 0 saturated carbocycles. The van der Waals surface area contributed by atoms with E-state index in [0.29, 0.717) is 12.2 Å². The molecule has 0 atom stereocenters. The molecule has 3 nitrogen and oxygen atoms in total. The molecule has 118 valence electrons. The molecule has 22 heavy (non-hydrogen) atoms. The van der Waals surface area contributed by atoms with E-state index >= 15 is 0 Å². The van der Waals surface area contributed by atoms with Crippen LogP contribution < -0.4 is 4.74 Å². The Morgan fingerprint density at radius 1 is 1.18 bits per heavy atom. The maximum Gasteiger partial charge on any atom is 0.328 e. The third-order valence-corrected chi connectivity index (χ3v) is 3.41. The quantitative estimate of drug-likeness (QED) is 0.620. The average Bonchev–Trinajstić information content (AvgIpc) is 2.42. The summed E-state index contributed by atoms with van der Waals surface area (Å²) in [6.45, 7) is 10.4. The number of aliphatic carboxylic acids is 1. The number of aryl methyl sites for hydroxylation is 2. The molecular formula is C19H24O3. The van der Waals surface area contributed by atoms with E-state index in [9.17, 15) is 4.79 Å². The highest BCUT2D eigenvalue weighted by molar-refractivity contribution is 5.81. The van der Waals surface area contributed by atoms with E-state index in [0.717, 1.165) is 16.9 Å². The van der Waals surface area contributed by atoms with Crippen LogP contribution in [0.15, 0.2) is 47.6 Å². The predicted octanol–water partition coefficient (Wildman–Crippen LogP) is 4.52. The second-order valence-electron chi connectivity index (χ2n) is 5.54. The zero-order valence-corrected chi connectivity index (χ0v) is 13.9. The van der Waals surface area contributed by atoms with Gasteiger partial charge in [0.15, 0.2) is 0 Å². The Labute approximate surface area is 132 Å². The minimum Gasteiger partial charge on any atom is -0.489 e. The van der Waals surface area contributed by atoms with Crippen molar-refractivity contribution in [1.29, 1.82) is 0 Å². The second kappa shape index (κ2) is 8.23. The van der Waals surface area contributed by atoms with Crippen molar-refractivity contribution in [3.63, 3.8) is 0 Å². The number of hydrogen-bond acceptors (Lipinski definition) is 2. The second-order valence-corrected chi connectivity index (χ2v) is 5.54. The Hall–Kier alpha value is -2.29. The van der Waals surface area contributed by atoms with Crippen molar-refractivity contribution in [2.24, 2.45) is 0 Å². The molecule has 0 aromatic heterocycles. The molecule has 0 aliphatic rings. The van der Waals surface area contributed by atoms with Crippen LogP contribution in [-0.2, 0) is 4.79 Å². The number of allylic oxidation sites excluding steroid dienone is 4. The van der Waals surface area contributed by atoms with Crippen molar-refractivity contribution in [1.82, 2.24) is 0 Å². The SMILES string of the molecule is CC(/C=C/C=C(\C)COc1c(C)ccc(C)c1C)=C\C(=O)O. The zero-order chi connectivity index (χ0) is 16.7. The van der Waals surface area contributed by atoms with Crippen LogP contribution in [0.3, 0.4) is 0 Å². The molecule has 0 radical (unpaired) electrons. The minimum atomic E-state index is -0.934. The van der Waals surface area contributed by atoms with Gasteiger partial charge in [-0.25, -0.2) is 4.79 Å². The number of carboxylic acids is 1. The molecule has 0 saturated heterocycles. The van der Waals surface area contributed by atoms with Crippen LogP contribution in [0.4, 0.5) is 0 Å². The molecule has 0 heterocycles. The first kappa shape index (κ1) is 17.8.